The highest BCUT2D eigenvalue weighted by Crippen LogP contribution is 2.30. The fourth-order valence-electron chi connectivity index (χ4n) is 4.78. The van der Waals surface area contributed by atoms with Crippen molar-refractivity contribution in [3.05, 3.63) is 64.7 Å². The van der Waals surface area contributed by atoms with E-state index in [1.165, 1.54) is 36.0 Å². The van der Waals surface area contributed by atoms with Gasteiger partial charge in [-0.05, 0) is 85.4 Å². The van der Waals surface area contributed by atoms with Crippen molar-refractivity contribution in [3.63, 3.8) is 0 Å². The molecule has 5 rings (SSSR count). The minimum Gasteiger partial charge on any atom is -0.493 e. The Labute approximate surface area is 191 Å². The van der Waals surface area contributed by atoms with Crippen LogP contribution in [-0.4, -0.2) is 49.8 Å². The van der Waals surface area contributed by atoms with Crippen LogP contribution in [0.1, 0.15) is 52.7 Å². The lowest BCUT2D eigenvalue weighted by molar-refractivity contribution is 0.0737. The molecule has 3 aliphatic rings. The Bertz CT molecular complexity index is 932. The summed E-state index contributed by atoms with van der Waals surface area (Å²) in [4.78, 5) is 15.0. The van der Waals surface area contributed by atoms with Crippen molar-refractivity contribution >= 4 is 5.91 Å². The number of nitrogens with one attached hydrogen (secondary N) is 1. The summed E-state index contributed by atoms with van der Waals surface area (Å²) < 4.78 is 11.5. The maximum atomic E-state index is 13.1. The highest BCUT2D eigenvalue weighted by atomic mass is 16.5. The summed E-state index contributed by atoms with van der Waals surface area (Å²) in [6, 6.07) is 14.6. The average molecular weight is 435 g/mol. The number of nitrogens with zero attached hydrogens (tertiary/aromatic N) is 1. The molecule has 2 aliphatic carbocycles. The molecule has 0 radical (unpaired) electrons. The van der Waals surface area contributed by atoms with Crippen molar-refractivity contribution in [2.24, 2.45) is 5.92 Å². The molecule has 170 valence electrons. The minimum atomic E-state index is 0.0787. The first-order valence-electron chi connectivity index (χ1n) is 12.1. The zero-order valence-electron chi connectivity index (χ0n) is 19.0. The summed E-state index contributed by atoms with van der Waals surface area (Å²) in [5, 5.41) is 3.53. The molecular weight excluding hydrogens is 400 g/mol. The summed E-state index contributed by atoms with van der Waals surface area (Å²) >= 11 is 0. The van der Waals surface area contributed by atoms with Crippen LogP contribution in [0.4, 0.5) is 0 Å². The molecule has 32 heavy (non-hydrogen) atoms. The maximum Gasteiger partial charge on any atom is 0.253 e. The van der Waals surface area contributed by atoms with E-state index in [1.807, 2.05) is 36.2 Å². The largest absolute Gasteiger partial charge is 0.493 e. The van der Waals surface area contributed by atoms with Crippen LogP contribution in [-0.2, 0) is 24.1 Å². The molecule has 2 aromatic carbocycles. The molecule has 0 spiro atoms. The smallest absolute Gasteiger partial charge is 0.253 e. The van der Waals surface area contributed by atoms with Gasteiger partial charge in [-0.1, -0.05) is 18.2 Å². The number of benzene rings is 2. The number of amides is 1. The molecule has 2 aromatic rings. The summed E-state index contributed by atoms with van der Waals surface area (Å²) in [6.45, 7) is 3.47. The Morgan fingerprint density at radius 3 is 2.66 bits per heavy atom. The van der Waals surface area contributed by atoms with E-state index in [9.17, 15) is 4.79 Å². The number of hydrogen-bond acceptors (Lipinski definition) is 4. The van der Waals surface area contributed by atoms with Gasteiger partial charge in [0.05, 0.1) is 12.7 Å². The molecule has 1 heterocycles. The zero-order valence-corrected chi connectivity index (χ0v) is 19.0. The van der Waals surface area contributed by atoms with Crippen LogP contribution in [0.5, 0.6) is 5.75 Å². The van der Waals surface area contributed by atoms with E-state index in [1.54, 1.807) is 0 Å². The Morgan fingerprint density at radius 2 is 1.91 bits per heavy atom. The first-order valence-corrected chi connectivity index (χ1v) is 12.1. The summed E-state index contributed by atoms with van der Waals surface area (Å²) in [6.07, 6.45) is 7.10. The maximum absolute atomic E-state index is 13.1. The molecule has 1 amide bonds. The van der Waals surface area contributed by atoms with Gasteiger partial charge in [0.2, 0.25) is 0 Å². The third-order valence-corrected chi connectivity index (χ3v) is 7.06. The van der Waals surface area contributed by atoms with E-state index < -0.39 is 0 Å². The summed E-state index contributed by atoms with van der Waals surface area (Å²) in [5.41, 5.74) is 4.76. The molecule has 5 heteroatoms. The van der Waals surface area contributed by atoms with E-state index in [0.717, 1.165) is 62.8 Å². The van der Waals surface area contributed by atoms with E-state index in [0.29, 0.717) is 6.10 Å². The number of hydrogen-bond donors (Lipinski definition) is 1. The van der Waals surface area contributed by atoms with E-state index in [4.69, 9.17) is 9.47 Å². The van der Waals surface area contributed by atoms with Crippen LogP contribution in [0, 0.1) is 5.92 Å². The summed E-state index contributed by atoms with van der Waals surface area (Å²) in [5.74, 6) is 1.66. The topological polar surface area (TPSA) is 50.8 Å². The van der Waals surface area contributed by atoms with Crippen molar-refractivity contribution in [3.8, 4) is 5.75 Å². The quantitative estimate of drug-likeness (QED) is 0.649. The number of rotatable bonds is 9. The first kappa shape index (κ1) is 21.5. The lowest BCUT2D eigenvalue weighted by Crippen LogP contribution is -2.37. The molecule has 1 saturated carbocycles. The number of carbonyl (C=O) groups is 1. The molecule has 1 saturated heterocycles. The zero-order chi connectivity index (χ0) is 21.9. The molecule has 0 unspecified atom stereocenters. The summed E-state index contributed by atoms with van der Waals surface area (Å²) in [7, 11) is 1.93. The van der Waals surface area contributed by atoms with E-state index in [2.05, 4.69) is 23.5 Å². The number of ether oxygens (including phenoxy) is 2. The molecule has 1 aliphatic heterocycles. The molecule has 0 bridgehead atoms. The monoisotopic (exact) mass is 434 g/mol. The van der Waals surface area contributed by atoms with Crippen molar-refractivity contribution in [2.45, 2.75) is 57.2 Å². The molecule has 2 fully saturated rings. The van der Waals surface area contributed by atoms with Crippen molar-refractivity contribution in [1.29, 1.82) is 0 Å². The predicted octanol–water partition coefficient (Wildman–Crippen LogP) is 3.98. The molecular formula is C27H34N2O3. The van der Waals surface area contributed by atoms with Gasteiger partial charge in [0, 0.05) is 38.3 Å². The number of fused-ring (bicyclic) bond motifs is 1. The molecule has 2 atom stereocenters. The third kappa shape index (κ3) is 5.16. The highest BCUT2D eigenvalue weighted by Gasteiger charge is 2.28. The van der Waals surface area contributed by atoms with Crippen LogP contribution in [0.3, 0.4) is 0 Å². The Morgan fingerprint density at radius 1 is 1.09 bits per heavy atom. The molecule has 5 nitrogen and oxygen atoms in total. The van der Waals surface area contributed by atoms with Gasteiger partial charge < -0.3 is 19.7 Å². The lowest BCUT2D eigenvalue weighted by atomic mass is 10.1. The van der Waals surface area contributed by atoms with Gasteiger partial charge in [-0.3, -0.25) is 4.79 Å². The molecule has 0 aromatic heterocycles. The van der Waals surface area contributed by atoms with Gasteiger partial charge >= 0.3 is 0 Å². The van der Waals surface area contributed by atoms with E-state index >= 15 is 0 Å². The van der Waals surface area contributed by atoms with Crippen LogP contribution >= 0.6 is 0 Å². The second kappa shape index (κ2) is 9.63. The average Bonchev–Trinajstić information content (AvgIpc) is 3.31. The highest BCUT2D eigenvalue weighted by molar-refractivity contribution is 5.94. The lowest BCUT2D eigenvalue weighted by Gasteiger charge is -2.24. The Hall–Kier alpha value is -2.37. The van der Waals surface area contributed by atoms with Crippen LogP contribution in [0.25, 0.3) is 0 Å². The Balaban J connectivity index is 1.14. The fourth-order valence-corrected chi connectivity index (χ4v) is 4.78. The number of carbonyl (C=O) groups excluding carboxylic acids is 1. The van der Waals surface area contributed by atoms with Crippen molar-refractivity contribution < 1.29 is 14.3 Å². The van der Waals surface area contributed by atoms with Gasteiger partial charge in [0.1, 0.15) is 5.75 Å². The minimum absolute atomic E-state index is 0.0787. The first-order chi connectivity index (χ1) is 15.7. The third-order valence-electron chi connectivity index (χ3n) is 7.06. The van der Waals surface area contributed by atoms with Gasteiger partial charge in [-0.25, -0.2) is 0 Å². The predicted molar refractivity (Wildman–Crippen MR) is 125 cm³/mol. The normalized spacial score (nSPS) is 22.0. The van der Waals surface area contributed by atoms with Crippen molar-refractivity contribution in [1.82, 2.24) is 10.2 Å². The van der Waals surface area contributed by atoms with Crippen molar-refractivity contribution in [2.75, 3.05) is 26.8 Å². The van der Waals surface area contributed by atoms with E-state index in [-0.39, 0.29) is 11.9 Å². The standard InChI is InChI=1S/C27H34N2O3/c1-29(27(30)21-8-10-25(11-9-21)32-18-19-4-5-19)24-14-22-7-6-20(13-23(22)15-24)16-28-17-26-3-2-12-31-26/h6-11,13,19,24,26,28H,2-5,12,14-18H2,1H3/t24-,26+/m1/s1. The van der Waals surface area contributed by atoms with Crippen LogP contribution < -0.4 is 10.1 Å². The molecule has 1 N–H and O–H groups in total. The van der Waals surface area contributed by atoms with Gasteiger partial charge in [0.25, 0.3) is 5.91 Å². The van der Waals surface area contributed by atoms with Gasteiger partial charge in [-0.2, -0.15) is 0 Å². The van der Waals surface area contributed by atoms with Crippen LogP contribution in [0.2, 0.25) is 0 Å². The van der Waals surface area contributed by atoms with Gasteiger partial charge in [0.15, 0.2) is 0 Å². The van der Waals surface area contributed by atoms with Crippen LogP contribution in [0.15, 0.2) is 42.5 Å². The van der Waals surface area contributed by atoms with Gasteiger partial charge in [-0.15, -0.1) is 0 Å². The SMILES string of the molecule is CN(C(=O)c1ccc(OCC2CC2)cc1)[C@@H]1Cc2ccc(CNC[C@@H]3CCCO3)cc2C1. The second-order valence-electron chi connectivity index (χ2n) is 9.63. The number of likely N-dealkylation sites (N-methyl/N-ethyl adjacent to an activating group) is 1. The fraction of sp³-hybridized carbons (Fsp3) is 0.519. The second-order valence-corrected chi connectivity index (χ2v) is 9.63. The Kier molecular flexibility index (Phi) is 6.47.